The average Bonchev–Trinajstić information content (AvgIpc) is 2.03. The second-order valence-corrected chi connectivity index (χ2v) is 3.85. The largest absolute Gasteiger partial charge is 0.0894 e. The lowest BCUT2D eigenvalue weighted by molar-refractivity contribution is 0.594. The third kappa shape index (κ3) is 4.52. The molecule has 0 unspecified atom stereocenters. The fraction of sp³-hybridized carbons (Fsp3) is 0.800. The van der Waals surface area contributed by atoms with Crippen LogP contribution in [-0.2, 0) is 0 Å². The van der Waals surface area contributed by atoms with E-state index in [1.54, 1.807) is 0 Å². The molecule has 0 aromatic heterocycles. The Morgan fingerprint density at radius 1 is 0.909 bits per heavy atom. The molecule has 1 aliphatic rings. The Balaban J connectivity index is 2.17. The summed E-state index contributed by atoms with van der Waals surface area (Å²) in [5, 5.41) is 0. The van der Waals surface area contributed by atoms with Gasteiger partial charge in [-0.15, -0.1) is 0 Å². The highest BCUT2D eigenvalue weighted by Gasteiger charge is 2.00. The van der Waals surface area contributed by atoms with Gasteiger partial charge in [-0.2, -0.15) is 0 Å². The van der Waals surface area contributed by atoms with Crippen LogP contribution in [0, 0.1) is 6.42 Å². The van der Waals surface area contributed by atoms with Crippen molar-refractivity contribution in [1.82, 2.24) is 0 Å². The first-order valence-corrected chi connectivity index (χ1v) is 5.16. The lowest BCUT2D eigenvalue weighted by atomic mass is 10.0. The Bertz CT molecular complexity index is 106. The van der Waals surface area contributed by atoms with Gasteiger partial charge in [-0.3, -0.25) is 0 Å². The van der Waals surface area contributed by atoms with Crippen molar-refractivity contribution in [2.75, 3.05) is 0 Å². The Labute approximate surface area is 75.4 Å². The molecule has 0 saturated heterocycles. The minimum Gasteiger partial charge on any atom is -0.0894 e. The first-order valence-electron chi connectivity index (χ1n) is 4.75. The maximum atomic E-state index is 5.20. The molecule has 1 aliphatic carbocycles. The minimum atomic E-state index is 1.16. The molecule has 0 aromatic rings. The van der Waals surface area contributed by atoms with Crippen LogP contribution in [0.5, 0.6) is 0 Å². The zero-order chi connectivity index (χ0) is 7.94. The molecule has 0 spiro atoms. The zero-order valence-corrected chi connectivity index (χ0v) is 7.96. The summed E-state index contributed by atoms with van der Waals surface area (Å²) in [6, 6.07) is 0. The van der Waals surface area contributed by atoms with Gasteiger partial charge < -0.3 is 0 Å². The van der Waals surface area contributed by atoms with Gasteiger partial charge in [0.05, 0.1) is 0 Å². The maximum Gasteiger partial charge on any atom is -0.00243 e. The van der Waals surface area contributed by atoms with Gasteiger partial charge in [0.1, 0.15) is 0 Å². The molecule has 0 nitrogen and oxygen atoms in total. The van der Waals surface area contributed by atoms with Crippen LogP contribution in [0.25, 0.3) is 0 Å². The third-order valence-electron chi connectivity index (χ3n) is 2.25. The van der Waals surface area contributed by atoms with E-state index in [4.69, 9.17) is 12.2 Å². The smallest absolute Gasteiger partial charge is 0.00243 e. The van der Waals surface area contributed by atoms with E-state index in [0.29, 0.717) is 0 Å². The molecule has 0 bridgehead atoms. The second-order valence-electron chi connectivity index (χ2n) is 3.33. The van der Waals surface area contributed by atoms with Gasteiger partial charge in [-0.05, 0) is 30.5 Å². The Kier molecular flexibility index (Phi) is 4.76. The van der Waals surface area contributed by atoms with Crippen LogP contribution in [0.3, 0.4) is 0 Å². The van der Waals surface area contributed by atoms with Crippen molar-refractivity contribution in [2.24, 2.45) is 0 Å². The fourth-order valence-corrected chi connectivity index (χ4v) is 1.78. The lowest BCUT2D eigenvalue weighted by Gasteiger charge is -2.07. The highest BCUT2D eigenvalue weighted by molar-refractivity contribution is 7.80. The lowest BCUT2D eigenvalue weighted by Crippen LogP contribution is -1.97. The molecule has 0 atom stereocenters. The van der Waals surface area contributed by atoms with Crippen LogP contribution in [0.1, 0.15) is 51.4 Å². The summed E-state index contributed by atoms with van der Waals surface area (Å²) in [5.41, 5.74) is 0. The molecule has 63 valence electrons. The van der Waals surface area contributed by atoms with Crippen LogP contribution >= 0.6 is 12.2 Å². The van der Waals surface area contributed by atoms with E-state index in [2.05, 4.69) is 6.42 Å². The van der Waals surface area contributed by atoms with E-state index in [-0.39, 0.29) is 0 Å². The van der Waals surface area contributed by atoms with Gasteiger partial charge in [0, 0.05) is 0 Å². The number of thiocarbonyl (C=S) groups is 1. The number of rotatable bonds is 0. The average molecular weight is 169 g/mol. The molecular formula is C10H17S. The van der Waals surface area contributed by atoms with Gasteiger partial charge in [-0.25, -0.2) is 0 Å². The van der Waals surface area contributed by atoms with E-state index in [1.807, 2.05) is 0 Å². The minimum absolute atomic E-state index is 1.16. The zero-order valence-electron chi connectivity index (χ0n) is 7.14. The van der Waals surface area contributed by atoms with Crippen LogP contribution in [0.2, 0.25) is 0 Å². The second kappa shape index (κ2) is 5.70. The summed E-state index contributed by atoms with van der Waals surface area (Å²) < 4.78 is 0. The van der Waals surface area contributed by atoms with Gasteiger partial charge in [0.25, 0.3) is 0 Å². The van der Waals surface area contributed by atoms with Gasteiger partial charge in [0.15, 0.2) is 0 Å². The highest BCUT2D eigenvalue weighted by atomic mass is 32.1. The Morgan fingerprint density at radius 3 is 2.36 bits per heavy atom. The van der Waals surface area contributed by atoms with Crippen molar-refractivity contribution in [2.45, 2.75) is 51.4 Å². The Hall–Kier alpha value is 0.0900. The molecule has 1 radical (unpaired) electrons. The number of hydrogen-bond acceptors (Lipinski definition) is 1. The van der Waals surface area contributed by atoms with Crippen molar-refractivity contribution in [1.29, 1.82) is 0 Å². The van der Waals surface area contributed by atoms with Crippen molar-refractivity contribution < 1.29 is 0 Å². The summed E-state index contributed by atoms with van der Waals surface area (Å²) in [4.78, 5) is 1.20. The van der Waals surface area contributed by atoms with Crippen molar-refractivity contribution in [3.63, 3.8) is 0 Å². The van der Waals surface area contributed by atoms with Gasteiger partial charge in [0.2, 0.25) is 0 Å². The summed E-state index contributed by atoms with van der Waals surface area (Å²) in [6.45, 7) is 0. The van der Waals surface area contributed by atoms with Crippen LogP contribution in [0.15, 0.2) is 0 Å². The maximum absolute atomic E-state index is 5.20. The molecule has 0 amide bonds. The molecule has 0 aromatic carbocycles. The van der Waals surface area contributed by atoms with Crippen LogP contribution in [0.4, 0.5) is 0 Å². The van der Waals surface area contributed by atoms with E-state index < -0.39 is 0 Å². The Morgan fingerprint density at radius 2 is 1.55 bits per heavy atom. The van der Waals surface area contributed by atoms with Crippen molar-refractivity contribution in [3.05, 3.63) is 6.42 Å². The van der Waals surface area contributed by atoms with Gasteiger partial charge >= 0.3 is 0 Å². The molecule has 1 saturated carbocycles. The van der Waals surface area contributed by atoms with Crippen LogP contribution in [-0.4, -0.2) is 4.86 Å². The summed E-state index contributed by atoms with van der Waals surface area (Å²) in [7, 11) is 0. The van der Waals surface area contributed by atoms with E-state index >= 15 is 0 Å². The normalized spacial score (nSPS) is 23.1. The molecule has 1 rings (SSSR count). The molecule has 1 heteroatoms. The predicted molar refractivity (Wildman–Crippen MR) is 53.8 cm³/mol. The SMILES string of the molecule is S=C1[CH]CCCCCCCC1. The molecule has 11 heavy (non-hydrogen) atoms. The summed E-state index contributed by atoms with van der Waals surface area (Å²) in [6.07, 6.45) is 12.9. The van der Waals surface area contributed by atoms with Gasteiger partial charge in [-0.1, -0.05) is 44.3 Å². The van der Waals surface area contributed by atoms with Crippen molar-refractivity contribution >= 4 is 17.1 Å². The van der Waals surface area contributed by atoms with Crippen molar-refractivity contribution in [3.8, 4) is 0 Å². The molecule has 0 N–H and O–H groups in total. The van der Waals surface area contributed by atoms with E-state index in [0.717, 1.165) is 6.42 Å². The third-order valence-corrected chi connectivity index (χ3v) is 2.62. The van der Waals surface area contributed by atoms with E-state index in [1.165, 1.54) is 49.8 Å². The first kappa shape index (κ1) is 9.18. The fourth-order valence-electron chi connectivity index (χ4n) is 1.52. The summed E-state index contributed by atoms with van der Waals surface area (Å²) in [5.74, 6) is 0. The molecular weight excluding hydrogens is 152 g/mol. The quantitative estimate of drug-likeness (QED) is 0.498. The highest BCUT2D eigenvalue weighted by Crippen LogP contribution is 2.14. The number of hydrogen-bond donors (Lipinski definition) is 0. The molecule has 0 heterocycles. The van der Waals surface area contributed by atoms with Crippen LogP contribution < -0.4 is 0 Å². The summed E-state index contributed by atoms with van der Waals surface area (Å²) >= 11 is 5.20. The molecule has 1 fully saturated rings. The standard InChI is InChI=1S/C10H17S/c11-10-8-6-4-2-1-3-5-7-9-10/h8H,1-7,9H2. The predicted octanol–water partition coefficient (Wildman–Crippen LogP) is 3.69. The first-order chi connectivity index (χ1) is 5.39. The molecule has 0 aliphatic heterocycles. The topological polar surface area (TPSA) is 0 Å². The monoisotopic (exact) mass is 169 g/mol. The van der Waals surface area contributed by atoms with E-state index in [9.17, 15) is 0 Å².